The predicted octanol–water partition coefficient (Wildman–Crippen LogP) is 1.27. The lowest BCUT2D eigenvalue weighted by Gasteiger charge is -2.45. The van der Waals surface area contributed by atoms with E-state index in [0.717, 1.165) is 6.54 Å². The summed E-state index contributed by atoms with van der Waals surface area (Å²) in [6.07, 6.45) is 0. The summed E-state index contributed by atoms with van der Waals surface area (Å²) in [4.78, 5) is 23.7. The number of nitrogens with zero attached hydrogens (tertiary/aromatic N) is 5. The largest absolute Gasteiger partial charge is 0.357 e. The van der Waals surface area contributed by atoms with Crippen molar-refractivity contribution in [3.63, 3.8) is 0 Å². The Balaban J connectivity index is 2.47. The number of aryl methyl sites for hydroxylation is 1. The molecule has 1 saturated heterocycles. The minimum absolute atomic E-state index is 0.00523. The topological polar surface area (TPSA) is 87.4 Å². The maximum atomic E-state index is 11.4. The number of aromatic nitrogens is 2. The van der Waals surface area contributed by atoms with Crippen LogP contribution in [0.25, 0.3) is 0 Å². The Morgan fingerprint density at radius 2 is 2.00 bits per heavy atom. The van der Waals surface area contributed by atoms with Gasteiger partial charge in [-0.05, 0) is 27.8 Å². The van der Waals surface area contributed by atoms with Gasteiger partial charge in [-0.15, -0.1) is 0 Å². The Morgan fingerprint density at radius 1 is 1.33 bits per heavy atom. The van der Waals surface area contributed by atoms with E-state index in [2.05, 4.69) is 41.1 Å². The van der Waals surface area contributed by atoms with Crippen molar-refractivity contribution < 1.29 is 4.92 Å². The first kappa shape index (κ1) is 15.4. The van der Waals surface area contributed by atoms with Gasteiger partial charge in [-0.2, -0.15) is 4.98 Å². The normalized spacial score (nSPS) is 18.6. The summed E-state index contributed by atoms with van der Waals surface area (Å²) in [5.41, 5.74) is 0.311. The first-order valence-electron chi connectivity index (χ1n) is 6.93. The molecular weight excluding hydrogens is 272 g/mol. The van der Waals surface area contributed by atoms with Crippen molar-refractivity contribution in [2.45, 2.75) is 26.3 Å². The molecule has 1 aliphatic rings. The lowest BCUT2D eigenvalue weighted by atomic mass is 9.99. The van der Waals surface area contributed by atoms with Gasteiger partial charge >= 0.3 is 5.69 Å². The van der Waals surface area contributed by atoms with E-state index in [-0.39, 0.29) is 11.2 Å². The number of piperazine rings is 1. The quantitative estimate of drug-likeness (QED) is 0.663. The molecule has 0 aromatic carbocycles. The second-order valence-electron chi connectivity index (χ2n) is 5.97. The fourth-order valence-electron chi connectivity index (χ4n) is 2.52. The molecule has 0 unspecified atom stereocenters. The van der Waals surface area contributed by atoms with Crippen LogP contribution >= 0.6 is 0 Å². The average molecular weight is 294 g/mol. The van der Waals surface area contributed by atoms with Crippen LogP contribution in [-0.4, -0.2) is 59.1 Å². The molecule has 0 saturated carbocycles. The first-order chi connectivity index (χ1) is 9.76. The molecule has 116 valence electrons. The van der Waals surface area contributed by atoms with Crippen molar-refractivity contribution in [1.82, 2.24) is 14.9 Å². The maximum absolute atomic E-state index is 11.4. The van der Waals surface area contributed by atoms with E-state index in [4.69, 9.17) is 0 Å². The van der Waals surface area contributed by atoms with Gasteiger partial charge in [-0.3, -0.25) is 15.0 Å². The van der Waals surface area contributed by atoms with Gasteiger partial charge in [0.1, 0.15) is 5.69 Å². The predicted molar refractivity (Wildman–Crippen MR) is 81.9 cm³/mol. The molecule has 21 heavy (non-hydrogen) atoms. The molecule has 1 aliphatic heterocycles. The van der Waals surface area contributed by atoms with Gasteiger partial charge in [0.25, 0.3) is 0 Å². The highest BCUT2D eigenvalue weighted by atomic mass is 16.6. The van der Waals surface area contributed by atoms with Crippen LogP contribution in [0.4, 0.5) is 17.5 Å². The highest BCUT2D eigenvalue weighted by Gasteiger charge is 2.35. The van der Waals surface area contributed by atoms with Crippen LogP contribution in [0.15, 0.2) is 0 Å². The molecule has 8 nitrogen and oxygen atoms in total. The number of nitro groups is 1. The van der Waals surface area contributed by atoms with Crippen molar-refractivity contribution in [1.29, 1.82) is 0 Å². The van der Waals surface area contributed by atoms with Crippen LogP contribution in [-0.2, 0) is 0 Å². The number of anilines is 2. The summed E-state index contributed by atoms with van der Waals surface area (Å²) in [5.74, 6) is 0.808. The smallest absolute Gasteiger partial charge is 0.332 e. The van der Waals surface area contributed by atoms with Crippen molar-refractivity contribution in [3.8, 4) is 0 Å². The molecule has 0 spiro atoms. The zero-order chi connectivity index (χ0) is 15.8. The monoisotopic (exact) mass is 294 g/mol. The lowest BCUT2D eigenvalue weighted by molar-refractivity contribution is -0.385. The second kappa shape index (κ2) is 5.44. The third-order valence-electron chi connectivity index (χ3n) is 4.06. The summed E-state index contributed by atoms with van der Waals surface area (Å²) < 4.78 is 0. The summed E-state index contributed by atoms with van der Waals surface area (Å²) in [5, 5.41) is 14.2. The van der Waals surface area contributed by atoms with Crippen molar-refractivity contribution in [2.75, 3.05) is 43.9 Å². The zero-order valence-electron chi connectivity index (χ0n) is 13.2. The van der Waals surface area contributed by atoms with Crippen LogP contribution in [0.3, 0.4) is 0 Å². The zero-order valence-corrected chi connectivity index (χ0v) is 13.2. The van der Waals surface area contributed by atoms with Gasteiger partial charge in [-0.25, -0.2) is 4.98 Å². The van der Waals surface area contributed by atoms with E-state index in [0.29, 0.717) is 30.5 Å². The van der Waals surface area contributed by atoms with Crippen LogP contribution in [0.1, 0.15) is 19.5 Å². The Bertz CT molecular complexity index is 560. The Labute approximate surface area is 124 Å². The summed E-state index contributed by atoms with van der Waals surface area (Å²) >= 11 is 0. The van der Waals surface area contributed by atoms with E-state index in [1.54, 1.807) is 14.0 Å². The standard InChI is InChI=1S/C13H22N6O2/c1-9-10(19(20)21)11(16-12(14-4)15-9)18-7-6-17(5)13(2,3)8-18/h6-8H2,1-5H3,(H,14,15,16). The Morgan fingerprint density at radius 3 is 2.52 bits per heavy atom. The molecule has 2 rings (SSSR count). The van der Waals surface area contributed by atoms with Crippen molar-refractivity contribution in [2.24, 2.45) is 0 Å². The fourth-order valence-corrected chi connectivity index (χ4v) is 2.52. The second-order valence-corrected chi connectivity index (χ2v) is 5.97. The van der Waals surface area contributed by atoms with Gasteiger partial charge < -0.3 is 10.2 Å². The van der Waals surface area contributed by atoms with Gasteiger partial charge in [0.05, 0.1) is 4.92 Å². The number of nitrogens with one attached hydrogen (secondary N) is 1. The molecule has 1 N–H and O–H groups in total. The van der Waals surface area contributed by atoms with Crippen LogP contribution < -0.4 is 10.2 Å². The van der Waals surface area contributed by atoms with Crippen LogP contribution in [0.2, 0.25) is 0 Å². The molecule has 0 radical (unpaired) electrons. The Hall–Kier alpha value is -1.96. The maximum Gasteiger partial charge on any atom is 0.332 e. The van der Waals surface area contributed by atoms with Crippen molar-refractivity contribution >= 4 is 17.5 Å². The molecule has 1 aromatic heterocycles. The van der Waals surface area contributed by atoms with Gasteiger partial charge in [0, 0.05) is 32.2 Å². The SMILES string of the molecule is CNc1nc(C)c([N+](=O)[O-])c(N2CCN(C)C(C)(C)C2)n1. The molecule has 0 aliphatic carbocycles. The average Bonchev–Trinajstić information content (AvgIpc) is 2.40. The molecule has 1 fully saturated rings. The van der Waals surface area contributed by atoms with E-state index < -0.39 is 4.92 Å². The number of rotatable bonds is 3. The van der Waals surface area contributed by atoms with Crippen molar-refractivity contribution in [3.05, 3.63) is 15.8 Å². The lowest BCUT2D eigenvalue weighted by Crippen LogP contribution is -2.58. The van der Waals surface area contributed by atoms with Gasteiger partial charge in [0.15, 0.2) is 0 Å². The van der Waals surface area contributed by atoms with E-state index in [1.807, 2.05) is 4.90 Å². The minimum Gasteiger partial charge on any atom is -0.357 e. The third kappa shape index (κ3) is 2.90. The molecule has 1 aromatic rings. The number of likely N-dealkylation sites (N-methyl/N-ethyl adjacent to an activating group) is 1. The third-order valence-corrected chi connectivity index (χ3v) is 4.06. The van der Waals surface area contributed by atoms with Gasteiger partial charge in [0.2, 0.25) is 11.8 Å². The Kier molecular flexibility index (Phi) is 3.99. The molecule has 0 amide bonds. The van der Waals surface area contributed by atoms with E-state index >= 15 is 0 Å². The highest BCUT2D eigenvalue weighted by molar-refractivity contribution is 5.63. The van der Waals surface area contributed by atoms with Crippen LogP contribution in [0, 0.1) is 17.0 Å². The van der Waals surface area contributed by atoms with Crippen LogP contribution in [0.5, 0.6) is 0 Å². The van der Waals surface area contributed by atoms with E-state index in [9.17, 15) is 10.1 Å². The molecular formula is C13H22N6O2. The molecule has 8 heteroatoms. The summed E-state index contributed by atoms with van der Waals surface area (Å²) in [7, 11) is 3.77. The fraction of sp³-hybridized carbons (Fsp3) is 0.692. The summed E-state index contributed by atoms with van der Waals surface area (Å²) in [6.45, 7) is 8.12. The summed E-state index contributed by atoms with van der Waals surface area (Å²) in [6, 6.07) is 0. The first-order valence-corrected chi connectivity index (χ1v) is 6.93. The minimum atomic E-state index is -0.393. The number of hydrogen-bond donors (Lipinski definition) is 1. The highest BCUT2D eigenvalue weighted by Crippen LogP contribution is 2.32. The van der Waals surface area contributed by atoms with Gasteiger partial charge in [-0.1, -0.05) is 0 Å². The number of hydrogen-bond acceptors (Lipinski definition) is 7. The molecule has 2 heterocycles. The molecule has 0 atom stereocenters. The molecule has 0 bridgehead atoms. The van der Waals surface area contributed by atoms with E-state index in [1.165, 1.54) is 0 Å².